The van der Waals surface area contributed by atoms with Gasteiger partial charge in [0.05, 0.1) is 15.6 Å². The van der Waals surface area contributed by atoms with E-state index >= 15 is 0 Å². The molecule has 0 bridgehead atoms. The van der Waals surface area contributed by atoms with Gasteiger partial charge in [0.1, 0.15) is 18.4 Å². The van der Waals surface area contributed by atoms with Crippen LogP contribution in [0.2, 0.25) is 10.0 Å². The highest BCUT2D eigenvalue weighted by Crippen LogP contribution is 2.28. The summed E-state index contributed by atoms with van der Waals surface area (Å²) in [4.78, 5) is 28.1. The molecule has 2 atom stereocenters. The van der Waals surface area contributed by atoms with E-state index in [0.29, 0.717) is 17.0 Å². The van der Waals surface area contributed by atoms with Crippen molar-refractivity contribution in [1.82, 2.24) is 10.2 Å². The summed E-state index contributed by atoms with van der Waals surface area (Å²) in [5.41, 5.74) is 0.652. The molecule has 0 fully saturated rings. The van der Waals surface area contributed by atoms with Gasteiger partial charge >= 0.3 is 0 Å². The average molecular weight is 595 g/mol. The van der Waals surface area contributed by atoms with E-state index in [0.717, 1.165) is 16.4 Å². The standard InChI is InChI=1S/C28H30Cl2FN3O4S/c1-4-19(2)32-28(36)20(3)33(17-21-9-8-10-22(29)15-21)27(35)18-34(23-13-14-26(31)25(30)16-23)39(37,38)24-11-6-5-7-12-24/h5-16,19-20H,4,17-18H2,1-3H3,(H,32,36)/t19-,20-/m1/s1. The Labute approximate surface area is 238 Å². The molecule has 0 aliphatic carbocycles. The molecule has 3 aromatic rings. The topological polar surface area (TPSA) is 86.8 Å². The van der Waals surface area contributed by atoms with Crippen LogP contribution in [0.5, 0.6) is 0 Å². The van der Waals surface area contributed by atoms with Crippen molar-refractivity contribution in [3.63, 3.8) is 0 Å². The number of carbonyl (C=O) groups excluding carboxylic acids is 2. The number of benzene rings is 3. The van der Waals surface area contributed by atoms with Gasteiger partial charge in [-0.1, -0.05) is 60.5 Å². The lowest BCUT2D eigenvalue weighted by Gasteiger charge is -2.32. The van der Waals surface area contributed by atoms with Crippen molar-refractivity contribution in [2.75, 3.05) is 10.8 Å². The number of nitrogens with zero attached hydrogens (tertiary/aromatic N) is 2. The van der Waals surface area contributed by atoms with Crippen molar-refractivity contribution >= 4 is 50.7 Å². The van der Waals surface area contributed by atoms with Crippen LogP contribution in [0.15, 0.2) is 77.7 Å². The Hall–Kier alpha value is -3.14. The molecule has 7 nitrogen and oxygen atoms in total. The van der Waals surface area contributed by atoms with E-state index in [1.807, 2.05) is 13.8 Å². The molecule has 0 aliphatic heterocycles. The van der Waals surface area contributed by atoms with Crippen molar-refractivity contribution < 1.29 is 22.4 Å². The summed E-state index contributed by atoms with van der Waals surface area (Å²) in [6.07, 6.45) is 0.690. The first-order valence-corrected chi connectivity index (χ1v) is 14.5. The van der Waals surface area contributed by atoms with Crippen molar-refractivity contribution in [3.8, 4) is 0 Å². The minimum absolute atomic E-state index is 0.00183. The van der Waals surface area contributed by atoms with Crippen LogP contribution in [-0.4, -0.2) is 43.8 Å². The van der Waals surface area contributed by atoms with Crippen LogP contribution >= 0.6 is 23.2 Å². The highest BCUT2D eigenvalue weighted by molar-refractivity contribution is 7.92. The SMILES string of the molecule is CC[C@@H](C)NC(=O)[C@@H](C)N(Cc1cccc(Cl)c1)C(=O)CN(c1ccc(F)c(Cl)c1)S(=O)(=O)c1ccccc1. The fraction of sp³-hybridized carbons (Fsp3) is 0.286. The highest BCUT2D eigenvalue weighted by Gasteiger charge is 2.33. The lowest BCUT2D eigenvalue weighted by atomic mass is 10.1. The number of amides is 2. The summed E-state index contributed by atoms with van der Waals surface area (Å²) in [7, 11) is -4.28. The maximum absolute atomic E-state index is 13.9. The maximum Gasteiger partial charge on any atom is 0.264 e. The summed E-state index contributed by atoms with van der Waals surface area (Å²) >= 11 is 12.1. The normalized spacial score (nSPS) is 12.9. The van der Waals surface area contributed by atoms with Gasteiger partial charge in [0.25, 0.3) is 10.0 Å². The Morgan fingerprint density at radius 2 is 1.67 bits per heavy atom. The van der Waals surface area contributed by atoms with Gasteiger partial charge in [-0.05, 0) is 68.3 Å². The third-order valence-corrected chi connectivity index (χ3v) is 8.52. The summed E-state index contributed by atoms with van der Waals surface area (Å²) in [6, 6.07) is 16.7. The maximum atomic E-state index is 13.9. The Morgan fingerprint density at radius 1 is 0.974 bits per heavy atom. The fourth-order valence-corrected chi connectivity index (χ4v) is 5.58. The van der Waals surface area contributed by atoms with E-state index < -0.39 is 34.3 Å². The first kappa shape index (κ1) is 30.4. The molecule has 3 aromatic carbocycles. The second-order valence-corrected chi connectivity index (χ2v) is 11.8. The summed E-state index contributed by atoms with van der Waals surface area (Å²) in [5, 5.41) is 3.02. The van der Waals surface area contributed by atoms with E-state index in [2.05, 4.69) is 5.32 Å². The lowest BCUT2D eigenvalue weighted by molar-refractivity contribution is -0.139. The van der Waals surface area contributed by atoms with Crippen LogP contribution in [0, 0.1) is 5.82 Å². The average Bonchev–Trinajstić information content (AvgIpc) is 2.91. The third-order valence-electron chi connectivity index (χ3n) is 6.21. The van der Waals surface area contributed by atoms with Gasteiger partial charge in [-0.3, -0.25) is 13.9 Å². The molecular weight excluding hydrogens is 564 g/mol. The molecule has 3 rings (SSSR count). The molecule has 2 amide bonds. The largest absolute Gasteiger partial charge is 0.352 e. The van der Waals surface area contributed by atoms with Crippen molar-refractivity contribution in [2.45, 2.75) is 50.7 Å². The second-order valence-electron chi connectivity index (χ2n) is 9.07. The van der Waals surface area contributed by atoms with Crippen LogP contribution in [0.3, 0.4) is 0 Å². The van der Waals surface area contributed by atoms with Gasteiger partial charge in [0.15, 0.2) is 0 Å². The van der Waals surface area contributed by atoms with Gasteiger partial charge in [0.2, 0.25) is 11.8 Å². The molecule has 0 heterocycles. The van der Waals surface area contributed by atoms with Crippen molar-refractivity contribution in [3.05, 3.63) is 94.2 Å². The summed E-state index contributed by atoms with van der Waals surface area (Å²) in [5.74, 6) is -1.77. The molecule has 0 aliphatic rings. The summed E-state index contributed by atoms with van der Waals surface area (Å²) < 4.78 is 42.2. The van der Waals surface area contributed by atoms with Gasteiger partial charge in [-0.25, -0.2) is 12.8 Å². The number of hydrogen-bond acceptors (Lipinski definition) is 4. The molecule has 208 valence electrons. The molecule has 0 saturated heterocycles. The van der Waals surface area contributed by atoms with Crippen LogP contribution < -0.4 is 9.62 Å². The molecule has 0 aromatic heterocycles. The zero-order valence-corrected chi connectivity index (χ0v) is 24.1. The molecule has 11 heteroatoms. The van der Waals surface area contributed by atoms with E-state index in [9.17, 15) is 22.4 Å². The first-order chi connectivity index (χ1) is 18.4. The fourth-order valence-electron chi connectivity index (χ4n) is 3.77. The zero-order chi connectivity index (χ0) is 28.7. The number of carbonyl (C=O) groups is 2. The smallest absolute Gasteiger partial charge is 0.264 e. The molecule has 0 unspecified atom stereocenters. The van der Waals surface area contributed by atoms with Crippen molar-refractivity contribution in [2.24, 2.45) is 0 Å². The minimum atomic E-state index is -4.28. The minimum Gasteiger partial charge on any atom is -0.352 e. The number of rotatable bonds is 11. The van der Waals surface area contributed by atoms with E-state index in [1.54, 1.807) is 49.4 Å². The van der Waals surface area contributed by atoms with Gasteiger partial charge < -0.3 is 10.2 Å². The first-order valence-electron chi connectivity index (χ1n) is 12.3. The summed E-state index contributed by atoms with van der Waals surface area (Å²) in [6.45, 7) is 4.67. The number of hydrogen-bond donors (Lipinski definition) is 1. The van der Waals surface area contributed by atoms with Gasteiger partial charge in [0, 0.05) is 17.6 Å². The predicted octanol–water partition coefficient (Wildman–Crippen LogP) is 5.66. The monoisotopic (exact) mass is 593 g/mol. The van der Waals surface area contributed by atoms with E-state index in [4.69, 9.17) is 23.2 Å². The zero-order valence-electron chi connectivity index (χ0n) is 21.8. The second kappa shape index (κ2) is 13.3. The molecule has 0 radical (unpaired) electrons. The third kappa shape index (κ3) is 7.71. The number of nitrogens with one attached hydrogen (secondary N) is 1. The van der Waals surface area contributed by atoms with Crippen LogP contribution in [0.25, 0.3) is 0 Å². The molecular formula is C28H30Cl2FN3O4S. The van der Waals surface area contributed by atoms with Crippen LogP contribution in [0.1, 0.15) is 32.8 Å². The Balaban J connectivity index is 2.04. The lowest BCUT2D eigenvalue weighted by Crippen LogP contribution is -2.52. The van der Waals surface area contributed by atoms with Gasteiger partial charge in [-0.2, -0.15) is 0 Å². The van der Waals surface area contributed by atoms with Gasteiger partial charge in [-0.15, -0.1) is 0 Å². The molecule has 0 spiro atoms. The number of anilines is 1. The quantitative estimate of drug-likeness (QED) is 0.311. The van der Waals surface area contributed by atoms with Crippen LogP contribution in [-0.2, 0) is 26.2 Å². The number of sulfonamides is 1. The number of halogens is 3. The Kier molecular flexibility index (Phi) is 10.4. The molecule has 39 heavy (non-hydrogen) atoms. The molecule has 1 N–H and O–H groups in total. The Bertz CT molecular complexity index is 1420. The molecule has 0 saturated carbocycles. The van der Waals surface area contributed by atoms with E-state index in [-0.39, 0.29) is 34.1 Å². The Morgan fingerprint density at radius 3 is 2.28 bits per heavy atom. The van der Waals surface area contributed by atoms with Crippen LogP contribution in [0.4, 0.5) is 10.1 Å². The highest BCUT2D eigenvalue weighted by atomic mass is 35.5. The predicted molar refractivity (Wildman–Crippen MR) is 152 cm³/mol. The van der Waals surface area contributed by atoms with E-state index in [1.165, 1.54) is 23.1 Å². The van der Waals surface area contributed by atoms with Crippen molar-refractivity contribution in [1.29, 1.82) is 0 Å².